The van der Waals surface area contributed by atoms with Crippen molar-refractivity contribution in [1.82, 2.24) is 15.1 Å². The number of carbonyl (C=O) groups excluding carboxylic acids is 1. The first-order valence-corrected chi connectivity index (χ1v) is 7.95. The molecule has 0 atom stereocenters. The molecule has 1 fully saturated rings. The van der Waals surface area contributed by atoms with Crippen molar-refractivity contribution in [2.24, 2.45) is 0 Å². The van der Waals surface area contributed by atoms with Crippen LogP contribution < -0.4 is 5.32 Å². The maximum absolute atomic E-state index is 12.3. The molecule has 1 saturated heterocycles. The minimum atomic E-state index is -0.197. The number of rotatable bonds is 4. The van der Waals surface area contributed by atoms with Crippen molar-refractivity contribution < 1.29 is 4.79 Å². The molecule has 116 valence electrons. The summed E-state index contributed by atoms with van der Waals surface area (Å²) in [6.45, 7) is 3.59. The summed E-state index contributed by atoms with van der Waals surface area (Å²) < 4.78 is 1.00. The van der Waals surface area contributed by atoms with E-state index in [0.29, 0.717) is 19.6 Å². The second-order valence-electron chi connectivity index (χ2n) is 5.28. The fraction of sp³-hybridized carbons (Fsp3) is 0.375. The van der Waals surface area contributed by atoms with Gasteiger partial charge in [-0.25, -0.2) is 0 Å². The van der Waals surface area contributed by atoms with Gasteiger partial charge < -0.3 is 15.1 Å². The van der Waals surface area contributed by atoms with Crippen LogP contribution in [0.1, 0.15) is 5.56 Å². The Balaban J connectivity index is 1.93. The van der Waals surface area contributed by atoms with E-state index in [1.807, 2.05) is 37.4 Å². The third-order valence-corrected chi connectivity index (χ3v) is 4.08. The van der Waals surface area contributed by atoms with Crippen molar-refractivity contribution in [2.75, 3.05) is 33.2 Å². The molecule has 2 rings (SSSR count). The Hall–Kier alpha value is -1.84. The number of halogens is 1. The largest absolute Gasteiger partial charge is 0.386 e. The summed E-state index contributed by atoms with van der Waals surface area (Å²) in [5.74, 6) is -0.197. The van der Waals surface area contributed by atoms with E-state index in [0.717, 1.165) is 23.1 Å². The number of amides is 1. The Morgan fingerprint density at radius 2 is 2.14 bits per heavy atom. The Labute approximate surface area is 139 Å². The van der Waals surface area contributed by atoms with Crippen molar-refractivity contribution in [3.05, 3.63) is 46.1 Å². The van der Waals surface area contributed by atoms with Crippen LogP contribution in [0.25, 0.3) is 0 Å². The minimum absolute atomic E-state index is 0.152. The van der Waals surface area contributed by atoms with Crippen LogP contribution in [0.2, 0.25) is 0 Å². The number of nitrogens with zero attached hydrogens (tertiary/aromatic N) is 3. The second kappa shape index (κ2) is 7.97. The van der Waals surface area contributed by atoms with Crippen LogP contribution in [0.5, 0.6) is 0 Å². The Kier molecular flexibility index (Phi) is 5.99. The van der Waals surface area contributed by atoms with Gasteiger partial charge in [0.05, 0.1) is 0 Å². The molecule has 0 spiro atoms. The zero-order valence-corrected chi connectivity index (χ0v) is 14.1. The van der Waals surface area contributed by atoms with Crippen LogP contribution in [0.3, 0.4) is 0 Å². The summed E-state index contributed by atoms with van der Waals surface area (Å²) in [5.41, 5.74) is 1.23. The molecule has 5 nitrogen and oxygen atoms in total. The average Bonchev–Trinajstić information content (AvgIpc) is 2.52. The van der Waals surface area contributed by atoms with Gasteiger partial charge in [-0.05, 0) is 24.7 Å². The maximum atomic E-state index is 12.3. The molecule has 1 heterocycles. The zero-order chi connectivity index (χ0) is 15.9. The highest BCUT2D eigenvalue weighted by Crippen LogP contribution is 2.11. The number of hydrogen-bond acceptors (Lipinski definition) is 4. The number of hydrogen-bond donors (Lipinski definition) is 1. The number of carbonyl (C=O) groups is 1. The molecule has 1 aromatic rings. The first-order chi connectivity index (χ1) is 10.6. The molecule has 0 aromatic heterocycles. The molecule has 1 N–H and O–H groups in total. The zero-order valence-electron chi connectivity index (χ0n) is 12.6. The van der Waals surface area contributed by atoms with Crippen LogP contribution in [0.4, 0.5) is 0 Å². The number of piperazine rings is 1. The van der Waals surface area contributed by atoms with Crippen LogP contribution >= 0.6 is 15.9 Å². The van der Waals surface area contributed by atoms with Gasteiger partial charge in [-0.3, -0.25) is 4.79 Å². The number of nitriles is 1. The fourth-order valence-electron chi connectivity index (χ4n) is 2.24. The molecular weight excluding hydrogens is 344 g/mol. The summed E-state index contributed by atoms with van der Waals surface area (Å²) in [7, 11) is 2.03. The van der Waals surface area contributed by atoms with Crippen LogP contribution in [-0.4, -0.2) is 48.9 Å². The van der Waals surface area contributed by atoms with Crippen LogP contribution in [0, 0.1) is 11.3 Å². The highest BCUT2D eigenvalue weighted by atomic mass is 79.9. The van der Waals surface area contributed by atoms with Crippen LogP contribution in [0.15, 0.2) is 40.5 Å². The van der Waals surface area contributed by atoms with E-state index < -0.39 is 0 Å². The van der Waals surface area contributed by atoms with Crippen molar-refractivity contribution in [3.63, 3.8) is 0 Å². The van der Waals surface area contributed by atoms with E-state index in [1.165, 1.54) is 6.20 Å². The van der Waals surface area contributed by atoms with Gasteiger partial charge in [0.25, 0.3) is 5.91 Å². The second-order valence-corrected chi connectivity index (χ2v) is 6.19. The quantitative estimate of drug-likeness (QED) is 0.654. The summed E-state index contributed by atoms with van der Waals surface area (Å²) in [6, 6.07) is 9.88. The maximum Gasteiger partial charge on any atom is 0.266 e. The molecule has 22 heavy (non-hydrogen) atoms. The number of benzene rings is 1. The van der Waals surface area contributed by atoms with Gasteiger partial charge in [0.1, 0.15) is 11.6 Å². The van der Waals surface area contributed by atoms with Gasteiger partial charge in [-0.1, -0.05) is 28.1 Å². The topological polar surface area (TPSA) is 59.4 Å². The molecule has 0 aliphatic carbocycles. The number of nitrogens with one attached hydrogen (secondary N) is 1. The standard InChI is InChI=1S/C16H19BrN4O/c1-20-5-7-21(8-6-20)16(22)14(10-18)12-19-11-13-3-2-4-15(17)9-13/h2-4,9,12,19H,5-8,11H2,1H3/b14-12-. The lowest BCUT2D eigenvalue weighted by molar-refractivity contribution is -0.128. The normalized spacial score (nSPS) is 16.2. The van der Waals surface area contributed by atoms with E-state index in [4.69, 9.17) is 0 Å². The third-order valence-electron chi connectivity index (χ3n) is 3.58. The predicted octanol–water partition coefficient (Wildman–Crippen LogP) is 1.72. The van der Waals surface area contributed by atoms with Gasteiger partial charge in [0.2, 0.25) is 0 Å². The van der Waals surface area contributed by atoms with Gasteiger partial charge in [0, 0.05) is 43.4 Å². The molecule has 0 bridgehead atoms. The molecule has 0 saturated carbocycles. The first kappa shape index (κ1) is 16.5. The van der Waals surface area contributed by atoms with Gasteiger partial charge in [-0.2, -0.15) is 5.26 Å². The molecule has 0 radical (unpaired) electrons. The van der Waals surface area contributed by atoms with Crippen molar-refractivity contribution in [2.45, 2.75) is 6.54 Å². The lowest BCUT2D eigenvalue weighted by atomic mass is 10.2. The minimum Gasteiger partial charge on any atom is -0.386 e. The van der Waals surface area contributed by atoms with E-state index in [-0.39, 0.29) is 11.5 Å². The smallest absolute Gasteiger partial charge is 0.266 e. The molecule has 1 aliphatic rings. The van der Waals surface area contributed by atoms with E-state index in [2.05, 4.69) is 26.1 Å². The molecule has 1 aromatic carbocycles. The third kappa shape index (κ3) is 4.58. The Bertz CT molecular complexity index is 600. The van der Waals surface area contributed by atoms with Crippen molar-refractivity contribution in [3.8, 4) is 6.07 Å². The lowest BCUT2D eigenvalue weighted by Crippen LogP contribution is -2.47. The molecule has 1 amide bonds. The summed E-state index contributed by atoms with van der Waals surface area (Å²) >= 11 is 3.42. The molecule has 1 aliphatic heterocycles. The molecule has 6 heteroatoms. The van der Waals surface area contributed by atoms with E-state index in [1.54, 1.807) is 4.90 Å². The molecule has 0 unspecified atom stereocenters. The Morgan fingerprint density at radius 3 is 2.77 bits per heavy atom. The summed E-state index contributed by atoms with van der Waals surface area (Å²) in [5, 5.41) is 12.2. The predicted molar refractivity (Wildman–Crippen MR) is 88.8 cm³/mol. The highest BCUT2D eigenvalue weighted by Gasteiger charge is 2.21. The van der Waals surface area contributed by atoms with Crippen LogP contribution in [-0.2, 0) is 11.3 Å². The van der Waals surface area contributed by atoms with Gasteiger partial charge in [-0.15, -0.1) is 0 Å². The van der Waals surface area contributed by atoms with E-state index >= 15 is 0 Å². The fourth-order valence-corrected chi connectivity index (χ4v) is 2.69. The van der Waals surface area contributed by atoms with Crippen molar-refractivity contribution in [1.29, 1.82) is 5.26 Å². The summed E-state index contributed by atoms with van der Waals surface area (Å²) in [6.07, 6.45) is 1.52. The average molecular weight is 363 g/mol. The van der Waals surface area contributed by atoms with Gasteiger partial charge >= 0.3 is 0 Å². The van der Waals surface area contributed by atoms with E-state index in [9.17, 15) is 10.1 Å². The SMILES string of the molecule is CN1CCN(C(=O)/C(C#N)=C\NCc2cccc(Br)c2)CC1. The number of likely N-dealkylation sites (N-methyl/N-ethyl adjacent to an activating group) is 1. The lowest BCUT2D eigenvalue weighted by Gasteiger charge is -2.32. The molecular formula is C16H19BrN4O. The first-order valence-electron chi connectivity index (χ1n) is 7.16. The highest BCUT2D eigenvalue weighted by molar-refractivity contribution is 9.10. The van der Waals surface area contributed by atoms with Gasteiger partial charge in [0.15, 0.2) is 0 Å². The Morgan fingerprint density at radius 1 is 1.41 bits per heavy atom. The monoisotopic (exact) mass is 362 g/mol. The van der Waals surface area contributed by atoms with Crippen molar-refractivity contribution >= 4 is 21.8 Å². The summed E-state index contributed by atoms with van der Waals surface area (Å²) in [4.78, 5) is 16.2.